The van der Waals surface area contributed by atoms with E-state index < -0.39 is 17.0 Å². The number of hydrogen-bond acceptors (Lipinski definition) is 5. The number of likely N-dealkylation sites (tertiary alicyclic amines) is 2. The number of nitrogens with zero attached hydrogens (tertiary/aromatic N) is 2. The van der Waals surface area contributed by atoms with Gasteiger partial charge < -0.3 is 20.6 Å². The zero-order valence-corrected chi connectivity index (χ0v) is 25.8. The van der Waals surface area contributed by atoms with E-state index in [1.165, 1.54) is 50.7 Å². The molecule has 0 aliphatic carbocycles. The highest BCUT2D eigenvalue weighted by Gasteiger charge is 2.36. The van der Waals surface area contributed by atoms with Gasteiger partial charge >= 0.3 is 0 Å². The van der Waals surface area contributed by atoms with Crippen LogP contribution >= 0.6 is 34.8 Å². The summed E-state index contributed by atoms with van der Waals surface area (Å²) in [5, 5.41) is 17.6. The fourth-order valence-corrected chi connectivity index (χ4v) is 6.96. The molecule has 2 aromatic carbocycles. The summed E-state index contributed by atoms with van der Waals surface area (Å²) in [5.41, 5.74) is 0.323. The molecule has 0 amide bonds. The van der Waals surface area contributed by atoms with Gasteiger partial charge in [0.05, 0.1) is 15.8 Å². The van der Waals surface area contributed by atoms with Crippen molar-refractivity contribution in [2.75, 3.05) is 32.7 Å². The maximum Gasteiger partial charge on any atom is 0.180 e. The average Bonchev–Trinajstić information content (AvgIpc) is 2.98. The van der Waals surface area contributed by atoms with Gasteiger partial charge in [0.2, 0.25) is 0 Å². The Morgan fingerprint density at radius 3 is 2.37 bits per heavy atom. The van der Waals surface area contributed by atoms with Crippen LogP contribution in [0.1, 0.15) is 68.9 Å². The fourth-order valence-electron chi connectivity index (χ4n) is 6.44. The number of halogens is 4. The van der Waals surface area contributed by atoms with Crippen LogP contribution in [0.3, 0.4) is 0 Å². The summed E-state index contributed by atoms with van der Waals surface area (Å²) in [5.74, 6) is -1.01. The van der Waals surface area contributed by atoms with E-state index in [0.29, 0.717) is 35.3 Å². The third-order valence-corrected chi connectivity index (χ3v) is 10.0. The molecule has 1 atom stereocenters. The molecule has 2 aliphatic heterocycles. The Kier molecular flexibility index (Phi) is 11.8. The van der Waals surface area contributed by atoms with E-state index in [1.807, 2.05) is 12.1 Å². The molecule has 0 saturated carbocycles. The summed E-state index contributed by atoms with van der Waals surface area (Å²) >= 11 is 18.9. The van der Waals surface area contributed by atoms with Gasteiger partial charge in [0.1, 0.15) is 5.82 Å². The number of Topliss-reactive ketones (excluding diaryl/α,β-unsaturated/α-hetero) is 1. The Hall–Kier alpha value is -1.83. The topological polar surface area (TPSA) is 71.2 Å². The Morgan fingerprint density at radius 2 is 1.71 bits per heavy atom. The van der Waals surface area contributed by atoms with Gasteiger partial charge in [-0.05, 0) is 114 Å². The summed E-state index contributed by atoms with van der Waals surface area (Å²) in [6.07, 6.45) is 9.28. The molecule has 2 aliphatic rings. The van der Waals surface area contributed by atoms with Crippen LogP contribution in [0.25, 0.3) is 0 Å². The largest absolute Gasteiger partial charge is 0.313 e. The zero-order valence-electron chi connectivity index (χ0n) is 23.5. The number of piperidine rings is 2. The average molecular weight is 622 g/mol. The third-order valence-electron chi connectivity index (χ3n) is 8.92. The molecule has 4 rings (SSSR count). The Balaban J connectivity index is 1.52. The molecule has 2 aromatic rings. The molecule has 2 N–H and O–H groups in total. The molecule has 5 nitrogen and oxygen atoms in total. The number of hydrogen-bond donors (Lipinski definition) is 2. The number of benzene rings is 2. The van der Waals surface area contributed by atoms with Gasteiger partial charge in [-0.1, -0.05) is 53.4 Å². The Labute approximate surface area is 258 Å². The molecule has 0 radical (unpaired) electrons. The lowest BCUT2D eigenvalue weighted by atomic mass is 9.69. The molecule has 2 heterocycles. The first-order valence-corrected chi connectivity index (χ1v) is 15.8. The highest BCUT2D eigenvalue weighted by atomic mass is 35.5. The standard InChI is InChI=1S/C32H40Cl3FN4O/c33-26-6-4-7-29(36)25(26)21-31(41)30(38)22-32(12-5-14-37,23-8-9-27(34)28(35)20-23)13-19-39-17-10-24(11-18-39)40-15-2-1-3-16-40/h4,6-9,14,20,24,37-38H,1-3,5,10-13,15-19,21-22H2/t32-/m0/s1. The predicted molar refractivity (Wildman–Crippen MR) is 168 cm³/mol. The molecule has 222 valence electrons. The van der Waals surface area contributed by atoms with Gasteiger partial charge in [-0.3, -0.25) is 4.79 Å². The Morgan fingerprint density at radius 1 is 0.976 bits per heavy atom. The first kappa shape index (κ1) is 32.1. The molecule has 0 aromatic heterocycles. The molecule has 0 spiro atoms. The van der Waals surface area contributed by atoms with Gasteiger partial charge in [-0.2, -0.15) is 0 Å². The molecular weight excluding hydrogens is 582 g/mol. The quantitative estimate of drug-likeness (QED) is 0.223. The van der Waals surface area contributed by atoms with E-state index >= 15 is 0 Å². The molecule has 2 saturated heterocycles. The van der Waals surface area contributed by atoms with E-state index in [9.17, 15) is 9.18 Å². The van der Waals surface area contributed by atoms with Crippen LogP contribution in [0.4, 0.5) is 4.39 Å². The van der Waals surface area contributed by atoms with E-state index in [4.69, 9.17) is 45.6 Å². The summed E-state index contributed by atoms with van der Waals surface area (Å²) in [6, 6.07) is 10.5. The lowest BCUT2D eigenvalue weighted by molar-refractivity contribution is -0.112. The van der Waals surface area contributed by atoms with Gasteiger partial charge in [-0.25, -0.2) is 4.39 Å². The van der Waals surface area contributed by atoms with Crippen molar-refractivity contribution in [2.45, 2.75) is 75.7 Å². The lowest BCUT2D eigenvalue weighted by Crippen LogP contribution is -2.47. The predicted octanol–water partition coefficient (Wildman–Crippen LogP) is 8.02. The van der Waals surface area contributed by atoms with Crippen molar-refractivity contribution in [1.29, 1.82) is 10.8 Å². The maximum atomic E-state index is 14.4. The van der Waals surface area contributed by atoms with E-state index in [1.54, 1.807) is 12.1 Å². The first-order chi connectivity index (χ1) is 19.7. The van der Waals surface area contributed by atoms with Crippen LogP contribution in [0, 0.1) is 16.6 Å². The lowest BCUT2D eigenvalue weighted by Gasteiger charge is -2.42. The molecular formula is C32H40Cl3FN4O. The van der Waals surface area contributed by atoms with Crippen LogP contribution in [0.2, 0.25) is 15.1 Å². The fraction of sp³-hybridized carbons (Fsp3) is 0.531. The molecule has 0 unspecified atom stereocenters. The van der Waals surface area contributed by atoms with Crippen LogP contribution in [0.5, 0.6) is 0 Å². The van der Waals surface area contributed by atoms with Gasteiger partial charge in [-0.15, -0.1) is 0 Å². The van der Waals surface area contributed by atoms with E-state index in [-0.39, 0.29) is 29.1 Å². The van der Waals surface area contributed by atoms with Gasteiger partial charge in [0.15, 0.2) is 5.78 Å². The summed E-state index contributed by atoms with van der Waals surface area (Å²) in [4.78, 5) is 18.4. The van der Waals surface area contributed by atoms with Crippen molar-refractivity contribution in [3.05, 3.63) is 68.4 Å². The van der Waals surface area contributed by atoms with E-state index in [2.05, 4.69) is 9.80 Å². The monoisotopic (exact) mass is 620 g/mol. The van der Waals surface area contributed by atoms with Crippen LogP contribution in [-0.4, -0.2) is 66.3 Å². The van der Waals surface area contributed by atoms with Crippen molar-refractivity contribution in [2.24, 2.45) is 0 Å². The maximum absolute atomic E-state index is 14.4. The third kappa shape index (κ3) is 8.39. The second-order valence-electron chi connectivity index (χ2n) is 11.5. The van der Waals surface area contributed by atoms with Crippen molar-refractivity contribution < 1.29 is 9.18 Å². The van der Waals surface area contributed by atoms with Gasteiger partial charge in [0.25, 0.3) is 0 Å². The number of nitrogens with one attached hydrogen (secondary N) is 2. The molecule has 9 heteroatoms. The summed E-state index contributed by atoms with van der Waals surface area (Å²) in [7, 11) is 0. The highest BCUT2D eigenvalue weighted by Crippen LogP contribution is 2.40. The van der Waals surface area contributed by atoms with Crippen molar-refractivity contribution in [1.82, 2.24) is 9.80 Å². The van der Waals surface area contributed by atoms with Crippen LogP contribution in [0.15, 0.2) is 36.4 Å². The second-order valence-corrected chi connectivity index (χ2v) is 12.7. The molecule has 41 heavy (non-hydrogen) atoms. The van der Waals surface area contributed by atoms with Gasteiger partial charge in [0, 0.05) is 34.9 Å². The summed E-state index contributed by atoms with van der Waals surface area (Å²) in [6.45, 7) is 5.27. The normalized spacial score (nSPS) is 18.6. The highest BCUT2D eigenvalue weighted by molar-refractivity contribution is 6.42. The van der Waals surface area contributed by atoms with Crippen LogP contribution in [-0.2, 0) is 16.6 Å². The number of carbonyl (C=O) groups excluding carboxylic acids is 1. The smallest absolute Gasteiger partial charge is 0.180 e. The zero-order chi connectivity index (χ0) is 29.4. The number of ketones is 1. The van der Waals surface area contributed by atoms with Crippen LogP contribution < -0.4 is 0 Å². The van der Waals surface area contributed by atoms with Crippen molar-refractivity contribution >= 4 is 52.5 Å². The number of rotatable bonds is 13. The Bertz CT molecular complexity index is 1210. The molecule has 2 fully saturated rings. The van der Waals surface area contributed by atoms with Crippen molar-refractivity contribution in [3.63, 3.8) is 0 Å². The minimum absolute atomic E-state index is 0.0795. The number of carbonyl (C=O) groups is 1. The van der Waals surface area contributed by atoms with E-state index in [0.717, 1.165) is 38.0 Å². The SMILES string of the molecule is N=CCC[C@](CCN1CCC(N2CCCCC2)CC1)(CC(=N)C(=O)Cc1c(F)cccc1Cl)c1ccc(Cl)c(Cl)c1. The molecule has 0 bridgehead atoms. The van der Waals surface area contributed by atoms with Crippen molar-refractivity contribution in [3.8, 4) is 0 Å². The summed E-state index contributed by atoms with van der Waals surface area (Å²) < 4.78 is 14.4. The first-order valence-electron chi connectivity index (χ1n) is 14.7. The minimum Gasteiger partial charge on any atom is -0.313 e. The minimum atomic E-state index is -0.610. The second kappa shape index (κ2) is 15.1.